The maximum absolute atomic E-state index is 13.3. The van der Waals surface area contributed by atoms with E-state index in [1.807, 2.05) is 32.0 Å². The van der Waals surface area contributed by atoms with Crippen LogP contribution in [0.2, 0.25) is 0 Å². The lowest BCUT2D eigenvalue weighted by atomic mass is 9.98. The van der Waals surface area contributed by atoms with E-state index in [1.165, 1.54) is 0 Å². The molecule has 1 aromatic rings. The maximum atomic E-state index is 13.3. The zero-order chi connectivity index (χ0) is 18.9. The van der Waals surface area contributed by atoms with E-state index in [9.17, 15) is 13.2 Å². The molecule has 0 spiro atoms. The zero-order valence-corrected chi connectivity index (χ0v) is 16.5. The van der Waals surface area contributed by atoms with E-state index in [2.05, 4.69) is 4.90 Å². The second kappa shape index (κ2) is 7.47. The molecule has 1 amide bonds. The highest BCUT2D eigenvalue weighted by Gasteiger charge is 2.37. The Morgan fingerprint density at radius 1 is 1.42 bits per heavy atom. The molecule has 0 radical (unpaired) electrons. The number of hydrogen-bond acceptors (Lipinski definition) is 5. The molecule has 2 heterocycles. The van der Waals surface area contributed by atoms with Gasteiger partial charge >= 0.3 is 0 Å². The third-order valence-electron chi connectivity index (χ3n) is 5.54. The topological polar surface area (TPSA) is 83.7 Å². The molecule has 26 heavy (non-hydrogen) atoms. The summed E-state index contributed by atoms with van der Waals surface area (Å²) in [5.41, 5.74) is 9.05. The number of amides is 1. The molecule has 2 aliphatic rings. The number of hydrogen-bond donors (Lipinski definition) is 1. The molecule has 2 aliphatic heterocycles. The summed E-state index contributed by atoms with van der Waals surface area (Å²) in [6, 6.07) is 5.34. The van der Waals surface area contributed by atoms with Gasteiger partial charge in [-0.15, -0.1) is 0 Å². The summed E-state index contributed by atoms with van der Waals surface area (Å²) >= 11 is 0. The number of benzene rings is 1. The Bertz CT molecular complexity index is 778. The summed E-state index contributed by atoms with van der Waals surface area (Å²) in [5.74, 6) is 0.293. The van der Waals surface area contributed by atoms with Crippen LogP contribution in [-0.2, 0) is 21.1 Å². The Morgan fingerprint density at radius 2 is 2.19 bits per heavy atom. The summed E-state index contributed by atoms with van der Waals surface area (Å²) in [6.07, 6.45) is 3.26. The van der Waals surface area contributed by atoms with Crippen molar-refractivity contribution in [3.05, 3.63) is 23.8 Å². The van der Waals surface area contributed by atoms with Crippen molar-refractivity contribution in [1.29, 1.82) is 0 Å². The van der Waals surface area contributed by atoms with Gasteiger partial charge in [0.15, 0.2) is 9.84 Å². The number of rotatable bonds is 5. The Balaban J connectivity index is 1.83. The molecule has 1 saturated heterocycles. The van der Waals surface area contributed by atoms with Crippen LogP contribution in [0.15, 0.2) is 18.2 Å². The van der Waals surface area contributed by atoms with E-state index in [4.69, 9.17) is 5.73 Å². The molecule has 1 fully saturated rings. The van der Waals surface area contributed by atoms with Gasteiger partial charge in [-0.1, -0.05) is 13.0 Å². The van der Waals surface area contributed by atoms with Crippen molar-refractivity contribution in [3.8, 4) is 0 Å². The Morgan fingerprint density at radius 3 is 2.85 bits per heavy atom. The Hall–Kier alpha value is -1.76. The van der Waals surface area contributed by atoms with Crippen LogP contribution in [0.4, 0.5) is 11.4 Å². The van der Waals surface area contributed by atoms with Crippen LogP contribution < -0.4 is 10.6 Å². The molecule has 3 rings (SSSR count). The fraction of sp³-hybridized carbons (Fsp3) is 0.632. The first-order valence-electron chi connectivity index (χ1n) is 9.49. The van der Waals surface area contributed by atoms with Gasteiger partial charge in [-0.2, -0.15) is 0 Å². The van der Waals surface area contributed by atoms with Crippen LogP contribution in [0.3, 0.4) is 0 Å². The van der Waals surface area contributed by atoms with Crippen molar-refractivity contribution in [2.45, 2.75) is 51.6 Å². The highest BCUT2D eigenvalue weighted by atomic mass is 32.2. The fourth-order valence-corrected chi connectivity index (χ4v) is 5.92. The van der Waals surface area contributed by atoms with E-state index in [-0.39, 0.29) is 29.5 Å². The van der Waals surface area contributed by atoms with Crippen molar-refractivity contribution >= 4 is 27.1 Å². The average Bonchev–Trinajstić information content (AvgIpc) is 2.98. The number of carbonyl (C=O) groups is 1. The molecule has 0 aliphatic carbocycles. The van der Waals surface area contributed by atoms with Gasteiger partial charge in [-0.3, -0.25) is 4.79 Å². The summed E-state index contributed by atoms with van der Waals surface area (Å²) in [6.45, 7) is 5.35. The lowest BCUT2D eigenvalue weighted by Crippen LogP contribution is -2.52. The SMILES string of the molecule is CCCN(C(=O)C(C)N1CCCc2c(N)cccc21)C1CCS(=O)(=O)C1. The molecule has 2 atom stereocenters. The third-order valence-corrected chi connectivity index (χ3v) is 7.29. The first kappa shape index (κ1) is 19.0. The number of fused-ring (bicyclic) bond motifs is 1. The van der Waals surface area contributed by atoms with Gasteiger partial charge in [0.25, 0.3) is 0 Å². The highest BCUT2D eigenvalue weighted by Crippen LogP contribution is 2.33. The number of nitrogen functional groups attached to an aromatic ring is 1. The van der Waals surface area contributed by atoms with Crippen LogP contribution in [0.5, 0.6) is 0 Å². The number of nitrogens with two attached hydrogens (primary N) is 1. The quantitative estimate of drug-likeness (QED) is 0.789. The minimum atomic E-state index is -3.02. The normalized spacial score (nSPS) is 22.7. The number of nitrogens with zero attached hydrogens (tertiary/aromatic N) is 2. The van der Waals surface area contributed by atoms with Crippen LogP contribution in [0.25, 0.3) is 0 Å². The van der Waals surface area contributed by atoms with E-state index in [0.717, 1.165) is 42.7 Å². The molecule has 2 unspecified atom stereocenters. The fourth-order valence-electron chi connectivity index (χ4n) is 4.19. The van der Waals surface area contributed by atoms with Gasteiger partial charge in [0.1, 0.15) is 6.04 Å². The van der Waals surface area contributed by atoms with Gasteiger partial charge < -0.3 is 15.5 Å². The van der Waals surface area contributed by atoms with Crippen molar-refractivity contribution in [3.63, 3.8) is 0 Å². The smallest absolute Gasteiger partial charge is 0.245 e. The van der Waals surface area contributed by atoms with Crippen LogP contribution in [0, 0.1) is 0 Å². The molecule has 0 aromatic heterocycles. The van der Waals surface area contributed by atoms with Crippen molar-refractivity contribution < 1.29 is 13.2 Å². The standard InChI is InChI=1S/C19H29N3O3S/c1-3-10-22(15-9-12-26(24,25)13-15)19(23)14(2)21-11-5-6-16-17(20)7-4-8-18(16)21/h4,7-8,14-15H,3,5-6,9-13,20H2,1-2H3. The largest absolute Gasteiger partial charge is 0.398 e. The molecule has 7 heteroatoms. The Kier molecular flexibility index (Phi) is 5.46. The first-order valence-corrected chi connectivity index (χ1v) is 11.3. The molecule has 0 saturated carbocycles. The lowest BCUT2D eigenvalue weighted by Gasteiger charge is -2.39. The van der Waals surface area contributed by atoms with Gasteiger partial charge in [-0.05, 0) is 50.3 Å². The predicted molar refractivity (Wildman–Crippen MR) is 105 cm³/mol. The second-order valence-corrected chi connectivity index (χ2v) is 9.64. The monoisotopic (exact) mass is 379 g/mol. The van der Waals surface area contributed by atoms with E-state index >= 15 is 0 Å². The summed E-state index contributed by atoms with van der Waals surface area (Å²) in [4.78, 5) is 17.2. The van der Waals surface area contributed by atoms with Gasteiger partial charge in [0, 0.05) is 30.5 Å². The van der Waals surface area contributed by atoms with E-state index < -0.39 is 9.84 Å². The van der Waals surface area contributed by atoms with Crippen LogP contribution >= 0.6 is 0 Å². The van der Waals surface area contributed by atoms with Crippen molar-refractivity contribution in [1.82, 2.24) is 4.90 Å². The number of sulfone groups is 1. The van der Waals surface area contributed by atoms with Crippen LogP contribution in [-0.4, -0.2) is 55.9 Å². The summed E-state index contributed by atoms with van der Waals surface area (Å²) in [5, 5.41) is 0. The lowest BCUT2D eigenvalue weighted by molar-refractivity contribution is -0.134. The maximum Gasteiger partial charge on any atom is 0.245 e. The van der Waals surface area contributed by atoms with Gasteiger partial charge in [0.05, 0.1) is 11.5 Å². The molecular formula is C19H29N3O3S. The molecule has 0 bridgehead atoms. The Labute approximate surface area is 156 Å². The minimum absolute atomic E-state index is 0.0178. The molecular weight excluding hydrogens is 350 g/mol. The van der Waals surface area contributed by atoms with Gasteiger partial charge in [0.2, 0.25) is 5.91 Å². The van der Waals surface area contributed by atoms with Gasteiger partial charge in [-0.25, -0.2) is 8.42 Å². The highest BCUT2D eigenvalue weighted by molar-refractivity contribution is 7.91. The molecule has 1 aromatic carbocycles. The molecule has 6 nitrogen and oxygen atoms in total. The molecule has 2 N–H and O–H groups in total. The van der Waals surface area contributed by atoms with Crippen molar-refractivity contribution in [2.24, 2.45) is 0 Å². The van der Waals surface area contributed by atoms with Crippen molar-refractivity contribution in [2.75, 3.05) is 35.2 Å². The zero-order valence-electron chi connectivity index (χ0n) is 15.6. The molecule has 144 valence electrons. The third kappa shape index (κ3) is 3.68. The second-order valence-electron chi connectivity index (χ2n) is 7.41. The van der Waals surface area contributed by atoms with E-state index in [0.29, 0.717) is 13.0 Å². The van der Waals surface area contributed by atoms with Crippen LogP contribution in [0.1, 0.15) is 38.7 Å². The minimum Gasteiger partial charge on any atom is -0.398 e. The number of anilines is 2. The average molecular weight is 380 g/mol. The first-order chi connectivity index (χ1) is 12.3. The summed E-state index contributed by atoms with van der Waals surface area (Å²) in [7, 11) is -3.02. The van der Waals surface area contributed by atoms with E-state index in [1.54, 1.807) is 4.90 Å². The summed E-state index contributed by atoms with van der Waals surface area (Å²) < 4.78 is 23.8. The number of carbonyl (C=O) groups excluding carboxylic acids is 1. The predicted octanol–water partition coefficient (Wildman–Crippen LogP) is 1.84.